The maximum absolute atomic E-state index is 13.0. The van der Waals surface area contributed by atoms with Gasteiger partial charge in [-0.15, -0.1) is 4.73 Å². The van der Waals surface area contributed by atoms with Crippen LogP contribution in [0.5, 0.6) is 0 Å². The number of carbonyl (C=O) groups is 2. The van der Waals surface area contributed by atoms with Crippen LogP contribution in [0.2, 0.25) is 0 Å². The van der Waals surface area contributed by atoms with E-state index >= 15 is 0 Å². The number of hydrogen-bond acceptors (Lipinski definition) is 8. The lowest BCUT2D eigenvalue weighted by molar-refractivity contribution is -0.200. The first-order valence-electron chi connectivity index (χ1n) is 11.3. The van der Waals surface area contributed by atoms with E-state index in [0.717, 1.165) is 12.1 Å². The number of alkyl halides is 3. The number of pyridine rings is 1. The van der Waals surface area contributed by atoms with Gasteiger partial charge in [-0.1, -0.05) is 30.3 Å². The molecule has 0 spiro atoms. The Balaban J connectivity index is 1.88. The number of rotatable bonds is 11. The van der Waals surface area contributed by atoms with E-state index in [-0.39, 0.29) is 11.3 Å². The summed E-state index contributed by atoms with van der Waals surface area (Å²) >= 11 is 0. The molecule has 1 unspecified atom stereocenters. The van der Waals surface area contributed by atoms with Gasteiger partial charge in [-0.3, -0.25) is 24.6 Å². The van der Waals surface area contributed by atoms with Crippen LogP contribution in [0.4, 0.5) is 18.9 Å². The predicted molar refractivity (Wildman–Crippen MR) is 131 cm³/mol. The summed E-state index contributed by atoms with van der Waals surface area (Å²) < 4.78 is 65.9. The van der Waals surface area contributed by atoms with Crippen molar-refractivity contribution in [1.29, 1.82) is 5.41 Å². The summed E-state index contributed by atoms with van der Waals surface area (Å²) in [6.07, 6.45) is -4.55. The highest BCUT2D eigenvalue weighted by atomic mass is 32.2. The molecule has 6 N–H and O–H groups in total. The van der Waals surface area contributed by atoms with Crippen LogP contribution in [0.25, 0.3) is 0 Å². The van der Waals surface area contributed by atoms with Gasteiger partial charge in [0.2, 0.25) is 21.9 Å². The van der Waals surface area contributed by atoms with Gasteiger partial charge in [0.05, 0.1) is 29.5 Å². The van der Waals surface area contributed by atoms with E-state index in [1.54, 1.807) is 18.2 Å². The van der Waals surface area contributed by atoms with Gasteiger partial charge in [-0.2, -0.15) is 13.2 Å². The van der Waals surface area contributed by atoms with Crippen molar-refractivity contribution in [2.75, 3.05) is 11.3 Å². The number of nitrogens with zero attached hydrogens (tertiary/aromatic N) is 1. The molecule has 2 aromatic rings. The van der Waals surface area contributed by atoms with Crippen molar-refractivity contribution in [2.24, 2.45) is 5.73 Å². The van der Waals surface area contributed by atoms with Crippen LogP contribution in [0.3, 0.4) is 0 Å². The van der Waals surface area contributed by atoms with E-state index in [1.165, 1.54) is 19.1 Å². The summed E-state index contributed by atoms with van der Waals surface area (Å²) in [6.45, 7) is 1.15. The van der Waals surface area contributed by atoms with Gasteiger partial charge >= 0.3 is 17.7 Å². The van der Waals surface area contributed by atoms with E-state index in [1.807, 2.05) is 4.72 Å². The van der Waals surface area contributed by atoms with Gasteiger partial charge in [-0.25, -0.2) is 18.7 Å². The van der Waals surface area contributed by atoms with Crippen molar-refractivity contribution in [1.82, 2.24) is 15.5 Å². The van der Waals surface area contributed by atoms with Crippen molar-refractivity contribution in [3.63, 3.8) is 0 Å². The lowest BCUT2D eigenvalue weighted by atomic mass is 10.1. The van der Waals surface area contributed by atoms with Crippen molar-refractivity contribution in [3.05, 3.63) is 64.1 Å². The molecule has 1 heterocycles. The highest BCUT2D eigenvalue weighted by Gasteiger charge is 2.46. The van der Waals surface area contributed by atoms with E-state index in [2.05, 4.69) is 15.6 Å². The molecule has 1 aromatic heterocycles. The summed E-state index contributed by atoms with van der Waals surface area (Å²) in [5.74, 6) is -5.89. The Labute approximate surface area is 219 Å². The normalized spacial score (nSPS) is 15.1. The molecule has 0 bridgehead atoms. The summed E-state index contributed by atoms with van der Waals surface area (Å²) in [5, 5.41) is 9.72. The molecular weight excluding hydrogens is 549 g/mol. The monoisotopic (exact) mass is 574 g/mol. The standard InChI is InChI=1S/C22H25F3N6O7S/c1-13(17(32)28-21(9-10-21)12-37-29-20(26)27)16-8-7-15(18(33)31(16)38-19(34)22(23,24)25)30-39(35,36)11-14-5-3-2-4-6-14/h2-8,13,30H,9-12H2,1H3,(H,28,32)(H4,26,27,29). The second kappa shape index (κ2) is 11.3. The zero-order valence-electron chi connectivity index (χ0n) is 20.4. The van der Waals surface area contributed by atoms with Crippen molar-refractivity contribution >= 4 is 33.5 Å². The van der Waals surface area contributed by atoms with E-state index < -0.39 is 68.2 Å². The lowest BCUT2D eigenvalue weighted by Crippen LogP contribution is -2.46. The fourth-order valence-electron chi connectivity index (χ4n) is 3.37. The highest BCUT2D eigenvalue weighted by Crippen LogP contribution is 2.36. The van der Waals surface area contributed by atoms with Crippen molar-refractivity contribution in [3.8, 4) is 0 Å². The third-order valence-corrected chi connectivity index (χ3v) is 6.79. The molecule has 3 rings (SSSR count). The number of nitrogens with one attached hydrogen (secondary N) is 4. The number of hydroxylamine groups is 1. The molecule has 1 aromatic carbocycles. The Morgan fingerprint density at radius 1 is 1.18 bits per heavy atom. The summed E-state index contributed by atoms with van der Waals surface area (Å²) in [7, 11) is -4.21. The molecular formula is C22H25F3N6O7S. The number of aromatic nitrogens is 1. The summed E-state index contributed by atoms with van der Waals surface area (Å²) in [4.78, 5) is 46.8. The first-order valence-corrected chi connectivity index (χ1v) is 12.9. The molecule has 1 amide bonds. The molecule has 0 saturated heterocycles. The molecule has 39 heavy (non-hydrogen) atoms. The minimum absolute atomic E-state index is 0.0617. The van der Waals surface area contributed by atoms with Crippen LogP contribution < -0.4 is 31.6 Å². The Kier molecular flexibility index (Phi) is 8.54. The smallest absolute Gasteiger partial charge is 0.368 e. The number of benzene rings is 1. The quantitative estimate of drug-likeness (QED) is 0.144. The zero-order valence-corrected chi connectivity index (χ0v) is 21.2. The minimum Gasteiger partial charge on any atom is -0.368 e. The second-order valence-corrected chi connectivity index (χ2v) is 10.5. The number of guanidine groups is 1. The molecule has 1 aliphatic rings. The number of amides is 1. The highest BCUT2D eigenvalue weighted by molar-refractivity contribution is 7.91. The van der Waals surface area contributed by atoms with E-state index in [9.17, 15) is 36.0 Å². The first-order chi connectivity index (χ1) is 18.1. The molecule has 1 atom stereocenters. The average molecular weight is 575 g/mol. The number of anilines is 1. The number of hydrogen-bond donors (Lipinski definition) is 5. The average Bonchev–Trinajstić information content (AvgIpc) is 3.59. The molecule has 0 radical (unpaired) electrons. The van der Waals surface area contributed by atoms with Gasteiger partial charge < -0.3 is 15.9 Å². The molecule has 13 nitrogen and oxygen atoms in total. The van der Waals surface area contributed by atoms with Crippen LogP contribution in [-0.4, -0.2) is 49.3 Å². The van der Waals surface area contributed by atoms with Crippen molar-refractivity contribution in [2.45, 2.75) is 43.2 Å². The fraction of sp³-hybridized carbons (Fsp3) is 0.364. The third-order valence-electron chi connectivity index (χ3n) is 5.55. The SMILES string of the molecule is CC(C(=O)NC1(CONC(=N)N)CC1)c1ccc(NS(=O)(=O)Cc2ccccc2)c(=O)n1OC(=O)C(F)(F)F. The number of nitrogens with two attached hydrogens (primary N) is 1. The molecule has 0 aliphatic heterocycles. The third kappa shape index (κ3) is 7.93. The first kappa shape index (κ1) is 29.4. The van der Waals surface area contributed by atoms with Crippen molar-refractivity contribution < 1.29 is 40.9 Å². The Bertz CT molecular complexity index is 1410. The summed E-state index contributed by atoms with van der Waals surface area (Å²) in [6, 6.07) is 9.81. The van der Waals surface area contributed by atoms with Gasteiger partial charge in [0, 0.05) is 0 Å². The van der Waals surface area contributed by atoms with E-state index in [4.69, 9.17) is 16.0 Å². The Hall–Kier alpha value is -4.12. The maximum atomic E-state index is 13.0. The van der Waals surface area contributed by atoms with Crippen LogP contribution >= 0.6 is 0 Å². The van der Waals surface area contributed by atoms with Gasteiger partial charge in [-0.05, 0) is 37.5 Å². The van der Waals surface area contributed by atoms with Gasteiger partial charge in [0.25, 0.3) is 0 Å². The minimum atomic E-state index is -5.50. The largest absolute Gasteiger partial charge is 0.493 e. The van der Waals surface area contributed by atoms with Crippen LogP contribution in [0.15, 0.2) is 47.3 Å². The van der Waals surface area contributed by atoms with Crippen LogP contribution in [-0.2, 0) is 30.2 Å². The van der Waals surface area contributed by atoms with Crippen LogP contribution in [0, 0.1) is 5.41 Å². The molecule has 1 aliphatic carbocycles. The second-order valence-electron chi connectivity index (χ2n) is 8.79. The lowest BCUT2D eigenvalue weighted by Gasteiger charge is -2.22. The van der Waals surface area contributed by atoms with Crippen LogP contribution in [0.1, 0.15) is 36.9 Å². The number of sulfonamides is 1. The Morgan fingerprint density at radius 2 is 1.82 bits per heavy atom. The number of halogens is 3. The maximum Gasteiger partial charge on any atom is 0.493 e. The Morgan fingerprint density at radius 3 is 2.38 bits per heavy atom. The van der Waals surface area contributed by atoms with Gasteiger partial charge in [0.1, 0.15) is 5.69 Å². The number of carbonyl (C=O) groups excluding carboxylic acids is 2. The predicted octanol–water partition coefficient (Wildman–Crippen LogP) is 0.475. The molecule has 212 valence electrons. The summed E-state index contributed by atoms with van der Waals surface area (Å²) in [5.41, 5.74) is 4.13. The molecule has 1 fully saturated rings. The molecule has 17 heteroatoms. The van der Waals surface area contributed by atoms with E-state index in [0.29, 0.717) is 18.4 Å². The topological polar surface area (TPSA) is 195 Å². The van der Waals surface area contributed by atoms with Gasteiger partial charge in [0.15, 0.2) is 0 Å². The zero-order chi connectivity index (χ0) is 29.0. The fourth-order valence-corrected chi connectivity index (χ4v) is 4.56. The molecule has 1 saturated carbocycles.